The van der Waals surface area contributed by atoms with E-state index in [1.165, 1.54) is 0 Å². The van der Waals surface area contributed by atoms with Crippen LogP contribution in [0.4, 0.5) is 0 Å². The largest absolute Gasteiger partial charge is 0.478 e. The molecule has 0 atom stereocenters. The fourth-order valence-corrected chi connectivity index (χ4v) is 1.61. The van der Waals surface area contributed by atoms with Gasteiger partial charge in [-0.1, -0.05) is 18.2 Å². The maximum Gasteiger partial charge on any atom is 0.335 e. The third-order valence-electron chi connectivity index (χ3n) is 2.51. The highest BCUT2D eigenvalue weighted by Gasteiger charge is 2.07. The molecular weight excluding hydrogens is 244 g/mol. The molecular formula is C14H18N2O3. The molecule has 5 nitrogen and oxygen atoms in total. The highest BCUT2D eigenvalue weighted by atomic mass is 16.4. The van der Waals surface area contributed by atoms with E-state index in [1.54, 1.807) is 30.3 Å². The summed E-state index contributed by atoms with van der Waals surface area (Å²) in [5, 5.41) is 11.5. The van der Waals surface area contributed by atoms with Crippen LogP contribution in [0.15, 0.2) is 36.9 Å². The average Bonchev–Trinajstić information content (AvgIpc) is 2.36. The zero-order valence-corrected chi connectivity index (χ0v) is 10.9. The van der Waals surface area contributed by atoms with Crippen LogP contribution in [0.25, 0.3) is 0 Å². The average molecular weight is 262 g/mol. The van der Waals surface area contributed by atoms with Gasteiger partial charge in [0.15, 0.2) is 0 Å². The minimum absolute atomic E-state index is 0.0652. The lowest BCUT2D eigenvalue weighted by molar-refractivity contribution is -0.121. The predicted molar refractivity (Wildman–Crippen MR) is 72.9 cm³/mol. The van der Waals surface area contributed by atoms with Gasteiger partial charge < -0.3 is 10.4 Å². The van der Waals surface area contributed by atoms with E-state index >= 15 is 0 Å². The third-order valence-corrected chi connectivity index (χ3v) is 2.51. The molecule has 0 aliphatic heterocycles. The second-order valence-electron chi connectivity index (χ2n) is 4.27. The number of nitrogens with zero attached hydrogens (tertiary/aromatic N) is 1. The van der Waals surface area contributed by atoms with E-state index in [-0.39, 0.29) is 18.0 Å². The molecule has 0 aliphatic rings. The number of amides is 1. The smallest absolute Gasteiger partial charge is 0.335 e. The Labute approximate surface area is 112 Å². The zero-order valence-electron chi connectivity index (χ0n) is 10.9. The minimum Gasteiger partial charge on any atom is -0.478 e. The number of hydrogen-bond donors (Lipinski definition) is 2. The summed E-state index contributed by atoms with van der Waals surface area (Å²) in [7, 11) is 1.83. The Bertz CT molecular complexity index is 454. The maximum absolute atomic E-state index is 11.5. The lowest BCUT2D eigenvalue weighted by Crippen LogP contribution is -2.34. The molecule has 0 bridgehead atoms. The Morgan fingerprint density at radius 3 is 2.53 bits per heavy atom. The summed E-state index contributed by atoms with van der Waals surface area (Å²) >= 11 is 0. The topological polar surface area (TPSA) is 69.6 Å². The maximum atomic E-state index is 11.5. The lowest BCUT2D eigenvalue weighted by atomic mass is 10.1. The number of benzene rings is 1. The minimum atomic E-state index is -0.941. The fraction of sp³-hybridized carbons (Fsp3) is 0.286. The Kier molecular flexibility index (Phi) is 5.75. The standard InChI is InChI=1S/C14H18N2O3/c1-3-8-15-13(17)10-16(2)9-11-4-6-12(7-5-11)14(18)19/h3-7H,1,8-10H2,2H3,(H,15,17)(H,18,19). The number of rotatable bonds is 7. The van der Waals surface area contributed by atoms with E-state index in [1.807, 2.05) is 11.9 Å². The molecule has 0 heterocycles. The summed E-state index contributed by atoms with van der Waals surface area (Å²) in [6.07, 6.45) is 1.63. The van der Waals surface area contributed by atoms with Crippen LogP contribution < -0.4 is 5.32 Å². The molecule has 1 aromatic rings. The summed E-state index contributed by atoms with van der Waals surface area (Å²) in [5.74, 6) is -1.01. The lowest BCUT2D eigenvalue weighted by Gasteiger charge is -2.16. The van der Waals surface area contributed by atoms with Crippen molar-refractivity contribution < 1.29 is 14.7 Å². The van der Waals surface area contributed by atoms with Crippen molar-refractivity contribution in [2.75, 3.05) is 20.1 Å². The molecule has 0 fully saturated rings. The number of hydrogen-bond acceptors (Lipinski definition) is 3. The summed E-state index contributed by atoms with van der Waals surface area (Å²) in [6.45, 7) is 4.85. The molecule has 0 radical (unpaired) electrons. The molecule has 5 heteroatoms. The molecule has 19 heavy (non-hydrogen) atoms. The van der Waals surface area contributed by atoms with Gasteiger partial charge in [0.2, 0.25) is 5.91 Å². The first-order valence-electron chi connectivity index (χ1n) is 5.91. The first-order chi connectivity index (χ1) is 9.02. The first-order valence-corrected chi connectivity index (χ1v) is 5.91. The highest BCUT2D eigenvalue weighted by Crippen LogP contribution is 2.06. The van der Waals surface area contributed by atoms with Gasteiger partial charge in [-0.15, -0.1) is 6.58 Å². The van der Waals surface area contributed by atoms with E-state index in [0.29, 0.717) is 13.1 Å². The van der Waals surface area contributed by atoms with Crippen LogP contribution in [-0.2, 0) is 11.3 Å². The Hall–Kier alpha value is -2.14. The van der Waals surface area contributed by atoms with Crippen molar-refractivity contribution >= 4 is 11.9 Å². The van der Waals surface area contributed by atoms with Crippen LogP contribution in [0.5, 0.6) is 0 Å². The van der Waals surface area contributed by atoms with Crippen molar-refractivity contribution in [3.8, 4) is 0 Å². The summed E-state index contributed by atoms with van der Waals surface area (Å²) < 4.78 is 0. The van der Waals surface area contributed by atoms with Gasteiger partial charge in [-0.3, -0.25) is 9.69 Å². The van der Waals surface area contributed by atoms with Crippen molar-refractivity contribution in [2.24, 2.45) is 0 Å². The van der Waals surface area contributed by atoms with Crippen LogP contribution in [0.3, 0.4) is 0 Å². The van der Waals surface area contributed by atoms with Crippen molar-refractivity contribution in [3.05, 3.63) is 48.0 Å². The number of carbonyl (C=O) groups excluding carboxylic acids is 1. The molecule has 0 unspecified atom stereocenters. The molecule has 1 amide bonds. The van der Waals surface area contributed by atoms with Crippen molar-refractivity contribution in [3.63, 3.8) is 0 Å². The van der Waals surface area contributed by atoms with Crippen molar-refractivity contribution in [1.29, 1.82) is 0 Å². The van der Waals surface area contributed by atoms with Gasteiger partial charge in [0, 0.05) is 13.1 Å². The summed E-state index contributed by atoms with van der Waals surface area (Å²) in [6, 6.07) is 6.62. The summed E-state index contributed by atoms with van der Waals surface area (Å²) in [5.41, 5.74) is 1.22. The van der Waals surface area contributed by atoms with Crippen molar-refractivity contribution in [1.82, 2.24) is 10.2 Å². The molecule has 0 saturated heterocycles. The van der Waals surface area contributed by atoms with Crippen LogP contribution in [0, 0.1) is 0 Å². The molecule has 1 aromatic carbocycles. The molecule has 2 N–H and O–H groups in total. The van der Waals surface area contributed by atoms with E-state index in [0.717, 1.165) is 5.56 Å². The van der Waals surface area contributed by atoms with Crippen LogP contribution in [0.1, 0.15) is 15.9 Å². The van der Waals surface area contributed by atoms with Crippen LogP contribution >= 0.6 is 0 Å². The van der Waals surface area contributed by atoms with E-state index in [4.69, 9.17) is 5.11 Å². The van der Waals surface area contributed by atoms with Gasteiger partial charge in [0.1, 0.15) is 0 Å². The van der Waals surface area contributed by atoms with Gasteiger partial charge in [-0.25, -0.2) is 4.79 Å². The summed E-state index contributed by atoms with van der Waals surface area (Å²) in [4.78, 5) is 24.0. The second-order valence-corrected chi connectivity index (χ2v) is 4.27. The van der Waals surface area contributed by atoms with E-state index in [2.05, 4.69) is 11.9 Å². The predicted octanol–water partition coefficient (Wildman–Crippen LogP) is 1.12. The SMILES string of the molecule is C=CCNC(=O)CN(C)Cc1ccc(C(=O)O)cc1. The molecule has 0 aromatic heterocycles. The number of likely N-dealkylation sites (N-methyl/N-ethyl adjacent to an activating group) is 1. The van der Waals surface area contributed by atoms with Crippen molar-refractivity contribution in [2.45, 2.75) is 6.54 Å². The number of carbonyl (C=O) groups is 2. The van der Waals surface area contributed by atoms with Gasteiger partial charge in [0.25, 0.3) is 0 Å². The number of carboxylic acids is 1. The number of carboxylic acid groups (broad SMARTS) is 1. The monoisotopic (exact) mass is 262 g/mol. The first kappa shape index (κ1) is 14.9. The molecule has 0 aliphatic carbocycles. The quantitative estimate of drug-likeness (QED) is 0.722. The normalized spacial score (nSPS) is 10.2. The van der Waals surface area contributed by atoms with E-state index < -0.39 is 5.97 Å². The highest BCUT2D eigenvalue weighted by molar-refractivity contribution is 5.87. The number of aromatic carboxylic acids is 1. The zero-order chi connectivity index (χ0) is 14.3. The van der Waals surface area contributed by atoms with Gasteiger partial charge in [-0.2, -0.15) is 0 Å². The van der Waals surface area contributed by atoms with Gasteiger partial charge >= 0.3 is 5.97 Å². The Morgan fingerprint density at radius 2 is 2.00 bits per heavy atom. The van der Waals surface area contributed by atoms with Crippen LogP contribution in [0.2, 0.25) is 0 Å². The molecule has 1 rings (SSSR count). The molecule has 0 spiro atoms. The number of nitrogens with one attached hydrogen (secondary N) is 1. The Balaban J connectivity index is 2.47. The molecule has 0 saturated carbocycles. The second kappa shape index (κ2) is 7.33. The Morgan fingerprint density at radius 1 is 1.37 bits per heavy atom. The van der Waals surface area contributed by atoms with Gasteiger partial charge in [-0.05, 0) is 24.7 Å². The van der Waals surface area contributed by atoms with Gasteiger partial charge in [0.05, 0.1) is 12.1 Å². The third kappa shape index (κ3) is 5.35. The van der Waals surface area contributed by atoms with Crippen LogP contribution in [-0.4, -0.2) is 42.0 Å². The molecule has 102 valence electrons. The fourth-order valence-electron chi connectivity index (χ4n) is 1.61. The van der Waals surface area contributed by atoms with E-state index in [9.17, 15) is 9.59 Å².